The SMILES string of the molecule is CC1CCC(C(=O)N(c2cc(C#CC(C)(C)C)sc2C(=O)O)[C@H]2CCN(C(=O)OC3CCN(C(=O)OC(C)(C)C)CC3)C2)CC1. The summed E-state index contributed by atoms with van der Waals surface area (Å²) in [7, 11) is 0. The molecule has 3 fully saturated rings. The molecule has 0 unspecified atom stereocenters. The number of likely N-dealkylation sites (tertiary alicyclic amines) is 2. The highest BCUT2D eigenvalue weighted by Gasteiger charge is 2.40. The van der Waals surface area contributed by atoms with Crippen LogP contribution in [0.3, 0.4) is 0 Å². The van der Waals surface area contributed by atoms with Crippen LogP contribution in [0, 0.1) is 29.1 Å². The molecule has 2 aliphatic heterocycles. The quantitative estimate of drug-likeness (QED) is 0.359. The number of rotatable bonds is 5. The largest absolute Gasteiger partial charge is 0.477 e. The van der Waals surface area contributed by atoms with E-state index in [0.29, 0.717) is 55.4 Å². The van der Waals surface area contributed by atoms with Crippen molar-refractivity contribution in [2.75, 3.05) is 31.1 Å². The summed E-state index contributed by atoms with van der Waals surface area (Å²) in [6.07, 6.45) is 3.84. The Morgan fingerprint density at radius 2 is 1.53 bits per heavy atom. The van der Waals surface area contributed by atoms with Gasteiger partial charge in [-0.15, -0.1) is 11.3 Å². The smallest absolute Gasteiger partial charge is 0.410 e. The van der Waals surface area contributed by atoms with E-state index in [1.54, 1.807) is 20.8 Å². The standard InChI is InChI=1S/C34H49N3O7S/c1-22-8-10-23(11-9-22)29(38)37(27-20-26(12-16-33(2,3)4)45-28(27)30(39)40)24-13-17-36(21-24)31(41)43-25-14-18-35(19-15-25)32(42)44-34(5,6)7/h20,22-25H,8-11,13-15,17-19,21H2,1-7H3,(H,39,40)/t22?,23?,24-/m0/s1. The summed E-state index contributed by atoms with van der Waals surface area (Å²) in [6, 6.07) is 1.35. The van der Waals surface area contributed by atoms with Gasteiger partial charge >= 0.3 is 18.2 Å². The molecule has 0 spiro atoms. The number of piperidine rings is 1. The summed E-state index contributed by atoms with van der Waals surface area (Å²) < 4.78 is 11.3. The van der Waals surface area contributed by atoms with Gasteiger partial charge in [0.1, 0.15) is 16.6 Å². The Kier molecular flexibility index (Phi) is 10.8. The third-order valence-electron chi connectivity index (χ3n) is 8.48. The molecule has 1 aliphatic carbocycles. The van der Waals surface area contributed by atoms with E-state index in [-0.39, 0.29) is 46.9 Å². The van der Waals surface area contributed by atoms with Crippen molar-refractivity contribution in [1.29, 1.82) is 0 Å². The van der Waals surface area contributed by atoms with Gasteiger partial charge in [-0.05, 0) is 85.6 Å². The number of carbonyl (C=O) groups excluding carboxylic acids is 3. The number of hydrogen-bond acceptors (Lipinski definition) is 7. The summed E-state index contributed by atoms with van der Waals surface area (Å²) >= 11 is 1.09. The van der Waals surface area contributed by atoms with Crippen molar-refractivity contribution < 1.29 is 33.8 Å². The fraction of sp³-hybridized carbons (Fsp3) is 0.706. The second-order valence-electron chi connectivity index (χ2n) is 14.7. The first-order valence-electron chi connectivity index (χ1n) is 16.2. The van der Waals surface area contributed by atoms with Gasteiger partial charge in [0.25, 0.3) is 0 Å². The van der Waals surface area contributed by atoms with E-state index in [0.717, 1.165) is 37.0 Å². The number of carboxylic acid groups (broad SMARTS) is 1. The maximum atomic E-state index is 14.2. The normalized spacial score (nSPS) is 22.8. The Balaban J connectivity index is 1.49. The molecule has 0 radical (unpaired) electrons. The van der Waals surface area contributed by atoms with E-state index in [1.807, 2.05) is 41.5 Å². The Hall–Kier alpha value is -3.26. The van der Waals surface area contributed by atoms with Gasteiger partial charge in [0.2, 0.25) is 5.91 Å². The lowest BCUT2D eigenvalue weighted by molar-refractivity contribution is -0.124. The average molecular weight is 644 g/mol. The Morgan fingerprint density at radius 3 is 2.11 bits per heavy atom. The summed E-state index contributed by atoms with van der Waals surface area (Å²) in [4.78, 5) is 57.9. The van der Waals surface area contributed by atoms with Crippen LogP contribution < -0.4 is 4.90 Å². The van der Waals surface area contributed by atoms with Gasteiger partial charge in [0.15, 0.2) is 0 Å². The fourth-order valence-corrected chi connectivity index (χ4v) is 6.88. The molecule has 1 aromatic heterocycles. The molecule has 1 saturated carbocycles. The predicted molar refractivity (Wildman–Crippen MR) is 174 cm³/mol. The summed E-state index contributed by atoms with van der Waals surface area (Å²) in [5, 5.41) is 10.2. The van der Waals surface area contributed by atoms with Crippen LogP contribution in [0.25, 0.3) is 0 Å². The van der Waals surface area contributed by atoms with Gasteiger partial charge in [-0.2, -0.15) is 0 Å². The number of nitrogens with zero attached hydrogens (tertiary/aromatic N) is 3. The molecule has 45 heavy (non-hydrogen) atoms. The lowest BCUT2D eigenvalue weighted by Crippen LogP contribution is -2.47. The van der Waals surface area contributed by atoms with Gasteiger partial charge in [0.05, 0.1) is 16.6 Å². The first-order chi connectivity index (χ1) is 21.0. The van der Waals surface area contributed by atoms with Crippen molar-refractivity contribution >= 4 is 41.1 Å². The first kappa shape index (κ1) is 34.6. The summed E-state index contributed by atoms with van der Waals surface area (Å²) in [6.45, 7) is 15.2. The third kappa shape index (κ3) is 9.38. The second kappa shape index (κ2) is 14.0. The first-order valence-corrected chi connectivity index (χ1v) is 17.0. The van der Waals surface area contributed by atoms with E-state index in [9.17, 15) is 24.3 Å². The number of thiophene rings is 1. The molecule has 1 atom stereocenters. The van der Waals surface area contributed by atoms with Crippen molar-refractivity contribution in [2.24, 2.45) is 17.3 Å². The van der Waals surface area contributed by atoms with Crippen LogP contribution in [0.15, 0.2) is 6.07 Å². The number of hydrogen-bond donors (Lipinski definition) is 1. The second-order valence-corrected chi connectivity index (χ2v) is 15.8. The topological polar surface area (TPSA) is 117 Å². The molecule has 1 N–H and O–H groups in total. The lowest BCUT2D eigenvalue weighted by Gasteiger charge is -2.35. The van der Waals surface area contributed by atoms with Crippen molar-refractivity contribution in [3.05, 3.63) is 15.8 Å². The zero-order chi connectivity index (χ0) is 33.1. The van der Waals surface area contributed by atoms with E-state index < -0.39 is 17.7 Å². The van der Waals surface area contributed by atoms with E-state index in [4.69, 9.17) is 9.47 Å². The number of anilines is 1. The van der Waals surface area contributed by atoms with Gasteiger partial charge in [-0.25, -0.2) is 14.4 Å². The number of carboxylic acids is 1. The van der Waals surface area contributed by atoms with Crippen molar-refractivity contribution in [1.82, 2.24) is 9.80 Å². The molecule has 0 aromatic carbocycles. The van der Waals surface area contributed by atoms with Gasteiger partial charge in [-0.3, -0.25) is 4.79 Å². The van der Waals surface area contributed by atoms with Crippen molar-refractivity contribution in [3.63, 3.8) is 0 Å². The average Bonchev–Trinajstić information content (AvgIpc) is 3.60. The molecule has 3 amide bonds. The number of amides is 3. The molecule has 3 aliphatic rings. The van der Waals surface area contributed by atoms with Crippen LogP contribution in [0.5, 0.6) is 0 Å². The minimum Gasteiger partial charge on any atom is -0.477 e. The van der Waals surface area contributed by atoms with Crippen LogP contribution in [0.4, 0.5) is 15.3 Å². The maximum absolute atomic E-state index is 14.2. The molecule has 0 bridgehead atoms. The Morgan fingerprint density at radius 1 is 0.911 bits per heavy atom. The highest BCUT2D eigenvalue weighted by atomic mass is 32.1. The molecule has 1 aromatic rings. The van der Waals surface area contributed by atoms with Crippen LogP contribution >= 0.6 is 11.3 Å². The minimum absolute atomic E-state index is 0.0766. The predicted octanol–water partition coefficient (Wildman–Crippen LogP) is 6.61. The molecular formula is C34H49N3O7S. The van der Waals surface area contributed by atoms with Gasteiger partial charge in [-0.1, -0.05) is 18.8 Å². The van der Waals surface area contributed by atoms with E-state index >= 15 is 0 Å². The Labute approximate surface area is 271 Å². The number of ether oxygens (including phenoxy) is 2. The Bertz CT molecular complexity index is 1320. The van der Waals surface area contributed by atoms with Crippen LogP contribution in [0.1, 0.15) is 108 Å². The fourth-order valence-electron chi connectivity index (χ4n) is 6.04. The number of aromatic carboxylic acids is 1. The third-order valence-corrected chi connectivity index (χ3v) is 9.51. The van der Waals surface area contributed by atoms with E-state index in [2.05, 4.69) is 18.8 Å². The highest BCUT2D eigenvalue weighted by Crippen LogP contribution is 2.38. The monoisotopic (exact) mass is 643 g/mol. The molecule has 11 heteroatoms. The molecular weight excluding hydrogens is 594 g/mol. The minimum atomic E-state index is -1.10. The molecule has 4 rings (SSSR count). The summed E-state index contributed by atoms with van der Waals surface area (Å²) in [5.74, 6) is 5.48. The molecule has 2 saturated heterocycles. The van der Waals surface area contributed by atoms with Crippen molar-refractivity contribution in [2.45, 2.75) is 111 Å². The lowest BCUT2D eigenvalue weighted by atomic mass is 9.82. The summed E-state index contributed by atoms with van der Waals surface area (Å²) in [5.41, 5.74) is -0.475. The molecule has 3 heterocycles. The van der Waals surface area contributed by atoms with Gasteiger partial charge < -0.3 is 29.3 Å². The van der Waals surface area contributed by atoms with Crippen molar-refractivity contribution in [3.8, 4) is 11.8 Å². The van der Waals surface area contributed by atoms with Crippen LogP contribution in [0.2, 0.25) is 0 Å². The van der Waals surface area contributed by atoms with E-state index in [1.165, 1.54) is 0 Å². The van der Waals surface area contributed by atoms with Gasteiger partial charge in [0, 0.05) is 50.4 Å². The number of carbonyl (C=O) groups is 4. The van der Waals surface area contributed by atoms with Crippen LogP contribution in [-0.2, 0) is 14.3 Å². The van der Waals surface area contributed by atoms with Crippen LogP contribution in [-0.4, -0.2) is 82.9 Å². The molecule has 248 valence electrons. The zero-order valence-corrected chi connectivity index (χ0v) is 28.6. The molecule has 10 nitrogen and oxygen atoms in total. The maximum Gasteiger partial charge on any atom is 0.410 e. The highest BCUT2D eigenvalue weighted by molar-refractivity contribution is 7.15. The zero-order valence-electron chi connectivity index (χ0n) is 27.8.